The van der Waals surface area contributed by atoms with Crippen molar-refractivity contribution < 1.29 is 4.42 Å². The second-order valence-electron chi connectivity index (χ2n) is 12.5. The Balaban J connectivity index is 1.27. The summed E-state index contributed by atoms with van der Waals surface area (Å²) in [6.45, 7) is 0. The van der Waals surface area contributed by atoms with Gasteiger partial charge in [0, 0.05) is 37.5 Å². The summed E-state index contributed by atoms with van der Waals surface area (Å²) in [7, 11) is 0. The maximum Gasteiger partial charge on any atom is 0.160 e. The molecule has 0 amide bonds. The van der Waals surface area contributed by atoms with Crippen molar-refractivity contribution in [3.05, 3.63) is 176 Å². The molecule has 2 aromatic heterocycles. The molecule has 0 unspecified atom stereocenters. The van der Waals surface area contributed by atoms with Gasteiger partial charge in [0.1, 0.15) is 5.58 Å². The Kier molecular flexibility index (Phi) is 6.39. The van der Waals surface area contributed by atoms with E-state index >= 15 is 0 Å². The molecular weight excluding hydrogens is 615 g/mol. The molecule has 0 saturated carbocycles. The number of nitrogens with zero attached hydrogens (tertiary/aromatic N) is 1. The highest BCUT2D eigenvalue weighted by atomic mass is 32.1. The van der Waals surface area contributed by atoms with E-state index in [0.717, 1.165) is 50.1 Å². The van der Waals surface area contributed by atoms with Crippen molar-refractivity contribution in [1.82, 2.24) is 0 Å². The Hall–Kier alpha value is -6.16. The average molecular weight is 644 g/mol. The quantitative estimate of drug-likeness (QED) is 0.186. The number of benzene rings is 8. The van der Waals surface area contributed by atoms with E-state index in [4.69, 9.17) is 4.42 Å². The fraction of sp³-hybridized carbons (Fsp3) is 0. The summed E-state index contributed by atoms with van der Waals surface area (Å²) < 4.78 is 9.36. The largest absolute Gasteiger partial charge is 0.454 e. The van der Waals surface area contributed by atoms with Gasteiger partial charge in [0.05, 0.1) is 16.1 Å². The molecule has 0 N–H and O–H groups in total. The van der Waals surface area contributed by atoms with Crippen molar-refractivity contribution in [2.75, 3.05) is 4.90 Å². The van der Waals surface area contributed by atoms with Crippen LogP contribution in [0.4, 0.5) is 17.1 Å². The lowest BCUT2D eigenvalue weighted by Crippen LogP contribution is -2.12. The zero-order valence-electron chi connectivity index (χ0n) is 26.5. The van der Waals surface area contributed by atoms with Crippen molar-refractivity contribution in [2.45, 2.75) is 0 Å². The van der Waals surface area contributed by atoms with E-state index in [1.165, 1.54) is 42.1 Å². The van der Waals surface area contributed by atoms with Gasteiger partial charge in [-0.25, -0.2) is 0 Å². The zero-order valence-corrected chi connectivity index (χ0v) is 27.3. The molecule has 49 heavy (non-hydrogen) atoms. The highest BCUT2D eigenvalue weighted by Crippen LogP contribution is 2.51. The van der Waals surface area contributed by atoms with Crippen LogP contribution in [0.25, 0.3) is 75.1 Å². The Labute approximate surface area is 287 Å². The number of fused-ring (bicyclic) bond motifs is 7. The van der Waals surface area contributed by atoms with E-state index in [0.29, 0.717) is 0 Å². The van der Waals surface area contributed by atoms with Gasteiger partial charge in [-0.15, -0.1) is 11.3 Å². The summed E-state index contributed by atoms with van der Waals surface area (Å²) in [6.07, 6.45) is 0. The van der Waals surface area contributed by atoms with Crippen LogP contribution in [0.15, 0.2) is 180 Å². The molecule has 0 bridgehead atoms. The topological polar surface area (TPSA) is 16.4 Å². The van der Waals surface area contributed by atoms with Gasteiger partial charge in [-0.2, -0.15) is 0 Å². The fourth-order valence-electron chi connectivity index (χ4n) is 7.32. The van der Waals surface area contributed by atoms with E-state index in [2.05, 4.69) is 175 Å². The monoisotopic (exact) mass is 643 g/mol. The number of rotatable bonds is 5. The van der Waals surface area contributed by atoms with Crippen LogP contribution >= 0.6 is 11.3 Å². The fourth-order valence-corrected chi connectivity index (χ4v) is 8.52. The lowest BCUT2D eigenvalue weighted by Gasteiger charge is -2.28. The van der Waals surface area contributed by atoms with Crippen LogP contribution in [-0.4, -0.2) is 0 Å². The SMILES string of the molecule is c1ccc(-c2ccc3c(oc4ccccc43)c2N(c2ccc(-c3ccc4ccccc4c3)cc2)c2cccc3c2sc2ccccc23)cc1. The van der Waals surface area contributed by atoms with Crippen molar-refractivity contribution in [2.24, 2.45) is 0 Å². The third-order valence-electron chi connectivity index (χ3n) is 9.66. The van der Waals surface area contributed by atoms with Gasteiger partial charge in [-0.1, -0.05) is 133 Å². The highest BCUT2D eigenvalue weighted by molar-refractivity contribution is 7.26. The molecule has 0 aliphatic heterocycles. The molecule has 10 rings (SSSR count). The number of para-hydroxylation sites is 1. The Morgan fingerprint density at radius 3 is 2.04 bits per heavy atom. The maximum atomic E-state index is 6.84. The van der Waals surface area contributed by atoms with E-state index in [1.807, 2.05) is 17.4 Å². The van der Waals surface area contributed by atoms with E-state index in [-0.39, 0.29) is 0 Å². The minimum absolute atomic E-state index is 0.874. The van der Waals surface area contributed by atoms with Gasteiger partial charge in [-0.3, -0.25) is 0 Å². The molecule has 0 aliphatic rings. The van der Waals surface area contributed by atoms with Crippen molar-refractivity contribution in [3.63, 3.8) is 0 Å². The summed E-state index contributed by atoms with van der Waals surface area (Å²) in [5.74, 6) is 0. The zero-order chi connectivity index (χ0) is 32.3. The highest BCUT2D eigenvalue weighted by Gasteiger charge is 2.26. The molecule has 2 nitrogen and oxygen atoms in total. The molecule has 230 valence electrons. The molecule has 0 atom stereocenters. The van der Waals surface area contributed by atoms with Gasteiger partial charge in [0.2, 0.25) is 0 Å². The number of hydrogen-bond donors (Lipinski definition) is 0. The third-order valence-corrected chi connectivity index (χ3v) is 10.9. The molecule has 8 aromatic carbocycles. The van der Waals surface area contributed by atoms with Crippen LogP contribution in [0.2, 0.25) is 0 Å². The molecule has 0 spiro atoms. The third kappa shape index (κ3) is 4.55. The molecular formula is C46H29NOS. The summed E-state index contributed by atoms with van der Waals surface area (Å²) in [5.41, 5.74) is 9.62. The van der Waals surface area contributed by atoms with Crippen molar-refractivity contribution >= 4 is 81.3 Å². The average Bonchev–Trinajstić information content (AvgIpc) is 3.75. The van der Waals surface area contributed by atoms with E-state index < -0.39 is 0 Å². The lowest BCUT2D eigenvalue weighted by atomic mass is 9.98. The number of furan rings is 1. The Morgan fingerprint density at radius 1 is 0.449 bits per heavy atom. The van der Waals surface area contributed by atoms with Crippen LogP contribution in [0.5, 0.6) is 0 Å². The minimum atomic E-state index is 0.874. The lowest BCUT2D eigenvalue weighted by molar-refractivity contribution is 0.669. The first-order valence-corrected chi connectivity index (χ1v) is 17.4. The molecule has 0 aliphatic carbocycles. The van der Waals surface area contributed by atoms with Crippen LogP contribution in [0.3, 0.4) is 0 Å². The van der Waals surface area contributed by atoms with Gasteiger partial charge >= 0.3 is 0 Å². The first-order chi connectivity index (χ1) is 24.3. The second kappa shape index (κ2) is 11.2. The first kappa shape index (κ1) is 27.9. The predicted molar refractivity (Wildman–Crippen MR) is 210 cm³/mol. The number of hydrogen-bond acceptors (Lipinski definition) is 3. The Morgan fingerprint density at radius 2 is 1.16 bits per heavy atom. The summed E-state index contributed by atoms with van der Waals surface area (Å²) >= 11 is 1.85. The normalized spacial score (nSPS) is 11.7. The number of anilines is 3. The Bertz CT molecular complexity index is 2830. The predicted octanol–water partition coefficient (Wildman–Crippen LogP) is 13.9. The smallest absolute Gasteiger partial charge is 0.160 e. The molecule has 3 heteroatoms. The minimum Gasteiger partial charge on any atom is -0.454 e. The van der Waals surface area contributed by atoms with Crippen LogP contribution in [-0.2, 0) is 0 Å². The van der Waals surface area contributed by atoms with Crippen LogP contribution in [0.1, 0.15) is 0 Å². The van der Waals surface area contributed by atoms with Gasteiger partial charge in [-0.05, 0) is 69.9 Å². The van der Waals surface area contributed by atoms with Gasteiger partial charge in [0.15, 0.2) is 5.58 Å². The second-order valence-corrected chi connectivity index (χ2v) is 13.6. The molecule has 0 radical (unpaired) electrons. The van der Waals surface area contributed by atoms with Gasteiger partial charge in [0.25, 0.3) is 0 Å². The molecule has 0 fully saturated rings. The summed E-state index contributed by atoms with van der Waals surface area (Å²) in [5, 5.41) is 7.25. The standard InChI is InChI=1S/C46H29NOS/c1-2-12-32(13-3-1)36-27-28-39-37-15-6-8-19-42(37)48-45(39)44(36)47(41-18-10-17-40-38-16-7-9-20-43(38)49-46(40)41)35-25-23-31(24-26-35)34-22-21-30-11-4-5-14-33(30)29-34/h1-29H. The number of thiophene rings is 1. The maximum absolute atomic E-state index is 6.84. The van der Waals surface area contributed by atoms with Crippen LogP contribution < -0.4 is 4.90 Å². The van der Waals surface area contributed by atoms with Gasteiger partial charge < -0.3 is 9.32 Å². The molecule has 2 heterocycles. The first-order valence-electron chi connectivity index (χ1n) is 16.6. The van der Waals surface area contributed by atoms with Crippen molar-refractivity contribution in [3.8, 4) is 22.3 Å². The van der Waals surface area contributed by atoms with Crippen molar-refractivity contribution in [1.29, 1.82) is 0 Å². The van der Waals surface area contributed by atoms with E-state index in [1.54, 1.807) is 0 Å². The van der Waals surface area contributed by atoms with Crippen LogP contribution in [0, 0.1) is 0 Å². The summed E-state index contributed by atoms with van der Waals surface area (Å²) in [6, 6.07) is 63.2. The summed E-state index contributed by atoms with van der Waals surface area (Å²) in [4.78, 5) is 2.43. The molecule has 10 aromatic rings. The van der Waals surface area contributed by atoms with E-state index in [9.17, 15) is 0 Å². The molecule has 0 saturated heterocycles.